The molecule has 2 fully saturated rings. The molecular formula is C19H22N4O2. The van der Waals surface area contributed by atoms with Crippen molar-refractivity contribution in [3.05, 3.63) is 54.5 Å². The lowest BCUT2D eigenvalue weighted by molar-refractivity contribution is 0.0691. The maximum Gasteiger partial charge on any atom is 0.254 e. The monoisotopic (exact) mass is 338 g/mol. The summed E-state index contributed by atoms with van der Waals surface area (Å²) < 4.78 is 5.88. The number of rotatable bonds is 2. The van der Waals surface area contributed by atoms with Crippen molar-refractivity contribution in [1.82, 2.24) is 14.9 Å². The van der Waals surface area contributed by atoms with E-state index in [0.29, 0.717) is 25.3 Å². The molecule has 0 aromatic carbocycles. The Bertz CT molecular complexity index is 725. The molecule has 2 aromatic heterocycles. The third-order valence-corrected chi connectivity index (χ3v) is 5.07. The van der Waals surface area contributed by atoms with Gasteiger partial charge in [0.15, 0.2) is 0 Å². The van der Waals surface area contributed by atoms with Crippen molar-refractivity contribution in [2.75, 3.05) is 44.3 Å². The summed E-state index contributed by atoms with van der Waals surface area (Å²) in [6.07, 6.45) is 6.15. The third kappa shape index (κ3) is 3.35. The highest BCUT2D eigenvalue weighted by Gasteiger charge is 2.42. The van der Waals surface area contributed by atoms with E-state index in [-0.39, 0.29) is 11.3 Å². The van der Waals surface area contributed by atoms with Gasteiger partial charge >= 0.3 is 0 Å². The van der Waals surface area contributed by atoms with Gasteiger partial charge in [0.25, 0.3) is 5.91 Å². The molecule has 2 aromatic rings. The Balaban J connectivity index is 1.51. The summed E-state index contributed by atoms with van der Waals surface area (Å²) in [5.41, 5.74) is 0.656. The molecule has 0 bridgehead atoms. The van der Waals surface area contributed by atoms with Crippen LogP contribution in [0.2, 0.25) is 0 Å². The number of carbonyl (C=O) groups is 1. The van der Waals surface area contributed by atoms with Crippen LogP contribution in [0.1, 0.15) is 16.8 Å². The van der Waals surface area contributed by atoms with E-state index >= 15 is 0 Å². The number of pyridine rings is 2. The molecule has 6 nitrogen and oxygen atoms in total. The van der Waals surface area contributed by atoms with E-state index < -0.39 is 0 Å². The van der Waals surface area contributed by atoms with Gasteiger partial charge in [-0.25, -0.2) is 4.98 Å². The van der Waals surface area contributed by atoms with Crippen LogP contribution < -0.4 is 4.90 Å². The SMILES string of the molecule is O=C(c1ccncc1)N1CCOCC2(CCN(c3ccccn3)C2)C1. The summed E-state index contributed by atoms with van der Waals surface area (Å²) in [5.74, 6) is 1.05. The number of ether oxygens (including phenoxy) is 1. The van der Waals surface area contributed by atoms with Gasteiger partial charge in [0.05, 0.1) is 13.2 Å². The Hall–Kier alpha value is -2.47. The number of hydrogen-bond acceptors (Lipinski definition) is 5. The molecule has 25 heavy (non-hydrogen) atoms. The fourth-order valence-corrected chi connectivity index (χ4v) is 3.76. The Morgan fingerprint density at radius 3 is 2.76 bits per heavy atom. The maximum absolute atomic E-state index is 12.9. The average Bonchev–Trinajstić information content (AvgIpc) is 2.97. The minimum atomic E-state index is -0.0310. The Morgan fingerprint density at radius 1 is 1.08 bits per heavy atom. The summed E-state index contributed by atoms with van der Waals surface area (Å²) in [6.45, 7) is 4.43. The van der Waals surface area contributed by atoms with Crippen LogP contribution in [-0.2, 0) is 4.74 Å². The largest absolute Gasteiger partial charge is 0.379 e. The van der Waals surface area contributed by atoms with Crippen molar-refractivity contribution in [3.8, 4) is 0 Å². The first-order chi connectivity index (χ1) is 12.3. The molecule has 2 aliphatic rings. The molecule has 4 rings (SSSR count). The highest BCUT2D eigenvalue weighted by atomic mass is 16.5. The normalized spacial score (nSPS) is 23.7. The smallest absolute Gasteiger partial charge is 0.254 e. The minimum absolute atomic E-state index is 0.0310. The van der Waals surface area contributed by atoms with Crippen molar-refractivity contribution in [3.63, 3.8) is 0 Å². The fraction of sp³-hybridized carbons (Fsp3) is 0.421. The van der Waals surface area contributed by atoms with E-state index in [1.54, 1.807) is 24.5 Å². The minimum Gasteiger partial charge on any atom is -0.379 e. The molecule has 2 saturated heterocycles. The topological polar surface area (TPSA) is 58.6 Å². The number of amides is 1. The Labute approximate surface area is 147 Å². The van der Waals surface area contributed by atoms with Crippen molar-refractivity contribution >= 4 is 11.7 Å². The second kappa shape index (κ2) is 6.80. The molecule has 1 unspecified atom stereocenters. The molecule has 0 aliphatic carbocycles. The molecular weight excluding hydrogens is 316 g/mol. The molecule has 0 N–H and O–H groups in total. The van der Waals surface area contributed by atoms with Gasteiger partial charge < -0.3 is 14.5 Å². The first-order valence-corrected chi connectivity index (χ1v) is 8.69. The highest BCUT2D eigenvalue weighted by Crippen LogP contribution is 2.35. The van der Waals surface area contributed by atoms with Gasteiger partial charge in [-0.3, -0.25) is 9.78 Å². The van der Waals surface area contributed by atoms with Crippen molar-refractivity contribution in [1.29, 1.82) is 0 Å². The first-order valence-electron chi connectivity index (χ1n) is 8.69. The molecule has 6 heteroatoms. The van der Waals surface area contributed by atoms with Crippen LogP contribution in [0.4, 0.5) is 5.82 Å². The predicted molar refractivity (Wildman–Crippen MR) is 94.5 cm³/mol. The summed E-state index contributed by atoms with van der Waals surface area (Å²) >= 11 is 0. The Morgan fingerprint density at radius 2 is 1.96 bits per heavy atom. The third-order valence-electron chi connectivity index (χ3n) is 5.07. The van der Waals surface area contributed by atoms with E-state index in [0.717, 1.165) is 31.9 Å². The molecule has 0 radical (unpaired) electrons. The lowest BCUT2D eigenvalue weighted by Gasteiger charge is -2.32. The van der Waals surface area contributed by atoms with Gasteiger partial charge in [-0.05, 0) is 30.7 Å². The van der Waals surface area contributed by atoms with Crippen LogP contribution in [0.25, 0.3) is 0 Å². The second-order valence-electron chi connectivity index (χ2n) is 6.87. The van der Waals surface area contributed by atoms with Gasteiger partial charge in [-0.15, -0.1) is 0 Å². The zero-order valence-corrected chi connectivity index (χ0v) is 14.2. The lowest BCUT2D eigenvalue weighted by Crippen LogP contribution is -2.43. The molecule has 1 spiro atoms. The zero-order chi connectivity index (χ0) is 17.1. The quantitative estimate of drug-likeness (QED) is 0.836. The van der Waals surface area contributed by atoms with Crippen LogP contribution in [0, 0.1) is 5.41 Å². The van der Waals surface area contributed by atoms with Gasteiger partial charge in [0, 0.05) is 55.7 Å². The number of nitrogens with zero attached hydrogens (tertiary/aromatic N) is 4. The summed E-state index contributed by atoms with van der Waals surface area (Å²) in [7, 11) is 0. The lowest BCUT2D eigenvalue weighted by atomic mass is 9.87. The van der Waals surface area contributed by atoms with Crippen LogP contribution in [0.5, 0.6) is 0 Å². The molecule has 130 valence electrons. The van der Waals surface area contributed by atoms with Crippen LogP contribution in [-0.4, -0.2) is 60.2 Å². The van der Waals surface area contributed by atoms with Gasteiger partial charge in [-0.1, -0.05) is 6.07 Å². The zero-order valence-electron chi connectivity index (χ0n) is 14.2. The van der Waals surface area contributed by atoms with Gasteiger partial charge in [0.1, 0.15) is 5.82 Å². The van der Waals surface area contributed by atoms with E-state index in [1.165, 1.54) is 0 Å². The second-order valence-corrected chi connectivity index (χ2v) is 6.87. The van der Waals surface area contributed by atoms with Crippen LogP contribution in [0.15, 0.2) is 48.9 Å². The van der Waals surface area contributed by atoms with Gasteiger partial charge in [-0.2, -0.15) is 0 Å². The molecule has 1 amide bonds. The number of aromatic nitrogens is 2. The van der Waals surface area contributed by atoms with Crippen LogP contribution >= 0.6 is 0 Å². The summed E-state index contributed by atoms with van der Waals surface area (Å²) in [6, 6.07) is 9.52. The molecule has 1 atom stereocenters. The van der Waals surface area contributed by atoms with Crippen molar-refractivity contribution in [2.45, 2.75) is 6.42 Å². The number of hydrogen-bond donors (Lipinski definition) is 0. The Kier molecular flexibility index (Phi) is 4.36. The van der Waals surface area contributed by atoms with E-state index in [2.05, 4.69) is 14.9 Å². The summed E-state index contributed by atoms with van der Waals surface area (Å²) in [4.78, 5) is 25.5. The van der Waals surface area contributed by atoms with E-state index in [1.807, 2.05) is 29.3 Å². The average molecular weight is 338 g/mol. The fourth-order valence-electron chi connectivity index (χ4n) is 3.76. The summed E-state index contributed by atoms with van der Waals surface area (Å²) in [5, 5.41) is 0. The van der Waals surface area contributed by atoms with Gasteiger partial charge in [0.2, 0.25) is 0 Å². The van der Waals surface area contributed by atoms with Crippen molar-refractivity contribution < 1.29 is 9.53 Å². The first kappa shape index (κ1) is 16.0. The standard InChI is InChI=1S/C19H22N4O2/c24-18(16-4-8-20-9-5-16)23-11-12-25-15-19(14-23)6-10-22(13-19)17-3-1-2-7-21-17/h1-5,7-9H,6,10-15H2. The van der Waals surface area contributed by atoms with E-state index in [4.69, 9.17) is 4.74 Å². The highest BCUT2D eigenvalue weighted by molar-refractivity contribution is 5.94. The molecule has 2 aliphatic heterocycles. The van der Waals surface area contributed by atoms with Crippen LogP contribution in [0.3, 0.4) is 0 Å². The van der Waals surface area contributed by atoms with E-state index in [9.17, 15) is 4.79 Å². The number of carbonyl (C=O) groups excluding carboxylic acids is 1. The predicted octanol–water partition coefficient (Wildman–Crippen LogP) is 1.85. The maximum atomic E-state index is 12.9. The van der Waals surface area contributed by atoms with Crippen molar-refractivity contribution in [2.24, 2.45) is 5.41 Å². The molecule has 0 saturated carbocycles. The number of anilines is 1. The molecule has 4 heterocycles.